The van der Waals surface area contributed by atoms with E-state index in [9.17, 15) is 17.6 Å². The monoisotopic (exact) mass is 520 g/mol. The highest BCUT2D eigenvalue weighted by atomic mass is 32.2. The van der Waals surface area contributed by atoms with E-state index in [4.69, 9.17) is 10.5 Å². The Morgan fingerprint density at radius 2 is 1.62 bits per heavy atom. The summed E-state index contributed by atoms with van der Waals surface area (Å²) in [5, 5.41) is -0.409. The molecule has 0 radical (unpaired) electrons. The molecule has 0 spiro atoms. The van der Waals surface area contributed by atoms with E-state index in [1.54, 1.807) is 19.1 Å². The second kappa shape index (κ2) is 9.98. The van der Waals surface area contributed by atoms with E-state index < -0.39 is 26.8 Å². The predicted molar refractivity (Wildman–Crippen MR) is 138 cm³/mol. The van der Waals surface area contributed by atoms with Crippen molar-refractivity contribution in [3.8, 4) is 22.9 Å². The van der Waals surface area contributed by atoms with Gasteiger partial charge in [0.1, 0.15) is 22.9 Å². The number of pyridine rings is 2. The van der Waals surface area contributed by atoms with Gasteiger partial charge in [-0.3, -0.25) is 4.79 Å². The van der Waals surface area contributed by atoms with Crippen LogP contribution in [0.2, 0.25) is 0 Å². The van der Waals surface area contributed by atoms with Crippen LogP contribution >= 0.6 is 0 Å². The molecule has 2 aromatic carbocycles. The zero-order valence-electron chi connectivity index (χ0n) is 20.7. The van der Waals surface area contributed by atoms with E-state index in [-0.39, 0.29) is 17.3 Å². The number of carbonyl (C=O) groups excluding carboxylic acids is 1. The number of nitrogens with two attached hydrogens (primary N) is 1. The van der Waals surface area contributed by atoms with Gasteiger partial charge in [-0.15, -0.1) is 0 Å². The average Bonchev–Trinajstić information content (AvgIpc) is 2.82. The highest BCUT2D eigenvalue weighted by Gasteiger charge is 2.25. The summed E-state index contributed by atoms with van der Waals surface area (Å²) in [5.74, 6) is -1.06. The lowest BCUT2D eigenvalue weighted by molar-refractivity contribution is 0.0978. The molecule has 37 heavy (non-hydrogen) atoms. The minimum Gasteiger partial charge on any atom is -0.438 e. The van der Waals surface area contributed by atoms with E-state index in [1.165, 1.54) is 36.4 Å². The van der Waals surface area contributed by atoms with Gasteiger partial charge in [-0.2, -0.15) is 8.42 Å². The maximum Gasteiger partial charge on any atom is 0.281 e. The minimum absolute atomic E-state index is 0.0129. The molecule has 3 N–H and O–H groups in total. The molecule has 0 aliphatic heterocycles. The number of hydrogen-bond acceptors (Lipinski definition) is 7. The SMILES string of the molecule is Cc1cc(C)c(Oc2nc(-c3ccc(C)c(F)c3)ccc2C(=O)NS(=O)(=O)c2cccc(N)n2)c(C)c1. The third kappa shape index (κ3) is 5.59. The number of nitrogens with one attached hydrogen (secondary N) is 1. The van der Waals surface area contributed by atoms with E-state index in [0.29, 0.717) is 22.6 Å². The molecule has 0 fully saturated rings. The van der Waals surface area contributed by atoms with Crippen LogP contribution < -0.4 is 15.2 Å². The number of anilines is 1. The predicted octanol–water partition coefficient (Wildman–Crippen LogP) is 5.01. The van der Waals surface area contributed by atoms with Crippen molar-refractivity contribution >= 4 is 21.7 Å². The normalized spacial score (nSPS) is 11.3. The summed E-state index contributed by atoms with van der Waals surface area (Å²) >= 11 is 0. The number of aryl methyl sites for hydroxylation is 4. The van der Waals surface area contributed by atoms with Crippen LogP contribution in [0.25, 0.3) is 11.3 Å². The number of aromatic nitrogens is 2. The summed E-state index contributed by atoms with van der Waals surface area (Å²) in [4.78, 5) is 21.4. The Morgan fingerprint density at radius 1 is 0.919 bits per heavy atom. The van der Waals surface area contributed by atoms with Crippen molar-refractivity contribution in [1.29, 1.82) is 0 Å². The number of hydrogen-bond donors (Lipinski definition) is 2. The first kappa shape index (κ1) is 25.8. The molecule has 0 bridgehead atoms. The van der Waals surface area contributed by atoms with Gasteiger partial charge in [0.15, 0.2) is 5.03 Å². The molecule has 0 saturated heterocycles. The molecule has 190 valence electrons. The maximum atomic E-state index is 14.2. The molecule has 10 heteroatoms. The van der Waals surface area contributed by atoms with Crippen LogP contribution in [0.3, 0.4) is 0 Å². The smallest absolute Gasteiger partial charge is 0.281 e. The molecule has 8 nitrogen and oxygen atoms in total. The molecular formula is C27H25FN4O4S. The fraction of sp³-hybridized carbons (Fsp3) is 0.148. The van der Waals surface area contributed by atoms with Gasteiger partial charge in [-0.05, 0) is 74.7 Å². The summed E-state index contributed by atoms with van der Waals surface area (Å²) in [6.07, 6.45) is 0. The van der Waals surface area contributed by atoms with E-state index >= 15 is 0 Å². The molecule has 2 heterocycles. The van der Waals surface area contributed by atoms with Gasteiger partial charge in [0.05, 0.1) is 5.69 Å². The Labute approximate surface area is 214 Å². The number of benzene rings is 2. The van der Waals surface area contributed by atoms with E-state index in [2.05, 4.69) is 9.97 Å². The number of rotatable bonds is 6. The van der Waals surface area contributed by atoms with Crippen LogP contribution in [0.4, 0.5) is 10.2 Å². The number of nitrogens with zero attached hydrogens (tertiary/aromatic N) is 2. The van der Waals surface area contributed by atoms with E-state index in [0.717, 1.165) is 16.7 Å². The lowest BCUT2D eigenvalue weighted by Gasteiger charge is -2.16. The standard InChI is InChI=1S/C27H25FN4O4S/c1-15-12-17(3)25(18(4)13-15)36-27-20(10-11-22(30-27)19-9-8-16(2)21(28)14-19)26(33)32-37(34,35)24-7-5-6-23(29)31-24/h5-14H,1-4H3,(H2,29,31)(H,32,33). The van der Waals surface area contributed by atoms with Gasteiger partial charge in [0.2, 0.25) is 5.88 Å². The summed E-state index contributed by atoms with van der Waals surface area (Å²) in [6, 6.07) is 15.4. The maximum absolute atomic E-state index is 14.2. The number of halogens is 1. The number of amides is 1. The van der Waals surface area contributed by atoms with Crippen LogP contribution in [0, 0.1) is 33.5 Å². The molecule has 4 aromatic rings. The summed E-state index contributed by atoms with van der Waals surface area (Å²) in [6.45, 7) is 7.30. The number of sulfonamides is 1. The molecule has 4 rings (SSSR count). The zero-order valence-corrected chi connectivity index (χ0v) is 21.5. The van der Waals surface area contributed by atoms with Crippen molar-refractivity contribution < 1.29 is 22.3 Å². The summed E-state index contributed by atoms with van der Waals surface area (Å²) in [7, 11) is -4.34. The van der Waals surface area contributed by atoms with Crippen LogP contribution in [-0.2, 0) is 10.0 Å². The fourth-order valence-electron chi connectivity index (χ4n) is 3.84. The lowest BCUT2D eigenvalue weighted by Crippen LogP contribution is -2.31. The van der Waals surface area contributed by atoms with Crippen LogP contribution in [-0.4, -0.2) is 24.3 Å². The number of ether oxygens (including phenoxy) is 1. The van der Waals surface area contributed by atoms with Gasteiger partial charge in [-0.1, -0.05) is 35.9 Å². The van der Waals surface area contributed by atoms with Crippen LogP contribution in [0.5, 0.6) is 11.6 Å². The topological polar surface area (TPSA) is 124 Å². The highest BCUT2D eigenvalue weighted by molar-refractivity contribution is 7.90. The Hall–Kier alpha value is -4.31. The van der Waals surface area contributed by atoms with Crippen molar-refractivity contribution in [3.63, 3.8) is 0 Å². The molecule has 0 aliphatic carbocycles. The van der Waals surface area contributed by atoms with E-state index in [1.807, 2.05) is 37.6 Å². The molecule has 0 saturated carbocycles. The molecule has 0 unspecified atom stereocenters. The highest BCUT2D eigenvalue weighted by Crippen LogP contribution is 2.33. The van der Waals surface area contributed by atoms with Gasteiger partial charge < -0.3 is 10.5 Å². The fourth-order valence-corrected chi connectivity index (χ4v) is 4.78. The Bertz CT molecular complexity index is 1610. The molecule has 1 amide bonds. The van der Waals surface area contributed by atoms with Crippen molar-refractivity contribution in [1.82, 2.24) is 14.7 Å². The first-order valence-electron chi connectivity index (χ1n) is 11.3. The minimum atomic E-state index is -4.34. The summed E-state index contributed by atoms with van der Waals surface area (Å²) < 4.78 is 47.9. The second-order valence-corrected chi connectivity index (χ2v) is 10.3. The van der Waals surface area contributed by atoms with Gasteiger partial charge in [-0.25, -0.2) is 19.1 Å². The van der Waals surface area contributed by atoms with Gasteiger partial charge >= 0.3 is 0 Å². The Kier molecular flexibility index (Phi) is 6.95. The average molecular weight is 521 g/mol. The first-order chi connectivity index (χ1) is 17.4. The third-order valence-corrected chi connectivity index (χ3v) is 6.86. The molecule has 2 aromatic heterocycles. The van der Waals surface area contributed by atoms with Crippen molar-refractivity contribution in [2.75, 3.05) is 5.73 Å². The van der Waals surface area contributed by atoms with Crippen LogP contribution in [0.15, 0.2) is 65.7 Å². The molecule has 0 atom stereocenters. The van der Waals surface area contributed by atoms with Crippen LogP contribution in [0.1, 0.15) is 32.6 Å². The largest absolute Gasteiger partial charge is 0.438 e. The van der Waals surface area contributed by atoms with Crippen molar-refractivity contribution in [2.24, 2.45) is 0 Å². The van der Waals surface area contributed by atoms with Gasteiger partial charge in [0, 0.05) is 5.56 Å². The second-order valence-electron chi connectivity index (χ2n) is 8.68. The molecule has 0 aliphatic rings. The molecular weight excluding hydrogens is 495 g/mol. The number of nitrogen functional groups attached to an aromatic ring is 1. The Balaban J connectivity index is 1.79. The van der Waals surface area contributed by atoms with Crippen molar-refractivity contribution in [3.05, 3.63) is 94.3 Å². The lowest BCUT2D eigenvalue weighted by atomic mass is 10.1. The number of carbonyl (C=O) groups is 1. The van der Waals surface area contributed by atoms with Gasteiger partial charge in [0.25, 0.3) is 15.9 Å². The van der Waals surface area contributed by atoms with Crippen molar-refractivity contribution in [2.45, 2.75) is 32.7 Å². The zero-order chi connectivity index (χ0) is 26.9. The Morgan fingerprint density at radius 3 is 2.27 bits per heavy atom. The quantitative estimate of drug-likeness (QED) is 0.366. The third-order valence-electron chi connectivity index (χ3n) is 5.62. The summed E-state index contributed by atoms with van der Waals surface area (Å²) in [5.41, 5.74) is 9.36. The first-order valence-corrected chi connectivity index (χ1v) is 12.8.